The van der Waals surface area contributed by atoms with Crippen LogP contribution in [0.4, 0.5) is 11.4 Å². The molecule has 2 aromatic rings. The van der Waals surface area contributed by atoms with Gasteiger partial charge >= 0.3 is 0 Å². The molecule has 0 aliphatic carbocycles. The fraction of sp³-hybridized carbons (Fsp3) is 0.294. The summed E-state index contributed by atoms with van der Waals surface area (Å²) in [5, 5.41) is 12.4. The second kappa shape index (κ2) is 7.38. The number of quaternary nitrogens is 1. The van der Waals surface area contributed by atoms with Crippen LogP contribution in [-0.2, 0) is 6.54 Å². The lowest BCUT2D eigenvalue weighted by Gasteiger charge is -2.33. The lowest BCUT2D eigenvalue weighted by molar-refractivity contribution is -0.914. The third-order valence-corrected chi connectivity index (χ3v) is 4.80. The average Bonchev–Trinajstić information content (AvgIpc) is 2.58. The normalized spacial score (nSPS) is 15.5. The van der Waals surface area contributed by atoms with Crippen LogP contribution in [0.1, 0.15) is 5.56 Å². The highest BCUT2D eigenvalue weighted by Crippen LogP contribution is 2.30. The Kier molecular flexibility index (Phi) is 5.23. The summed E-state index contributed by atoms with van der Waals surface area (Å²) < 4.78 is 0. The van der Waals surface area contributed by atoms with Gasteiger partial charge in [-0.3, -0.25) is 10.1 Å². The monoisotopic (exact) mass is 366 g/mol. The van der Waals surface area contributed by atoms with Gasteiger partial charge in [-0.25, -0.2) is 0 Å². The van der Waals surface area contributed by atoms with E-state index in [9.17, 15) is 10.1 Å². The maximum absolute atomic E-state index is 11.3. The number of nitrogens with one attached hydrogen (secondary N) is 1. The molecular weight excluding hydrogens is 349 g/mol. The molecule has 5 nitrogen and oxygen atoms in total. The maximum Gasteiger partial charge on any atom is 0.294 e. The van der Waals surface area contributed by atoms with Crippen LogP contribution < -0.4 is 9.80 Å². The van der Waals surface area contributed by atoms with Gasteiger partial charge in [0.1, 0.15) is 12.2 Å². The number of hydrogen-bond donors (Lipinski definition) is 1. The van der Waals surface area contributed by atoms with Gasteiger partial charge in [-0.2, -0.15) is 0 Å². The number of nitro benzene ring substituents is 1. The van der Waals surface area contributed by atoms with Gasteiger partial charge in [-0.05, 0) is 24.3 Å². The molecule has 1 aliphatic heterocycles. The number of nitro groups is 1. The Morgan fingerprint density at radius 2 is 1.67 bits per heavy atom. The first-order valence-corrected chi connectivity index (χ1v) is 8.55. The molecule has 3 rings (SSSR count). The number of halogens is 2. The van der Waals surface area contributed by atoms with Gasteiger partial charge in [0.2, 0.25) is 0 Å². The molecule has 0 saturated carbocycles. The molecule has 0 atom stereocenters. The first kappa shape index (κ1) is 17.0. The highest BCUT2D eigenvalue weighted by molar-refractivity contribution is 6.31. The van der Waals surface area contributed by atoms with E-state index < -0.39 is 0 Å². The second-order valence-electron chi connectivity index (χ2n) is 5.93. The molecule has 1 N–H and O–H groups in total. The Morgan fingerprint density at radius 1 is 1.04 bits per heavy atom. The summed E-state index contributed by atoms with van der Waals surface area (Å²) in [5.41, 5.74) is 1.97. The van der Waals surface area contributed by atoms with Crippen molar-refractivity contribution in [3.05, 3.63) is 68.2 Å². The molecule has 126 valence electrons. The van der Waals surface area contributed by atoms with E-state index >= 15 is 0 Å². The third kappa shape index (κ3) is 3.98. The van der Waals surface area contributed by atoms with Gasteiger partial charge in [0.15, 0.2) is 0 Å². The minimum absolute atomic E-state index is 0.0728. The van der Waals surface area contributed by atoms with Gasteiger partial charge in [0.05, 0.1) is 31.1 Å². The Balaban J connectivity index is 1.65. The first-order valence-electron chi connectivity index (χ1n) is 7.80. The summed E-state index contributed by atoms with van der Waals surface area (Å²) in [6.45, 7) is 4.37. The van der Waals surface area contributed by atoms with Gasteiger partial charge < -0.3 is 9.80 Å². The lowest BCUT2D eigenvalue weighted by atomic mass is 10.2. The minimum atomic E-state index is -0.367. The summed E-state index contributed by atoms with van der Waals surface area (Å²) in [4.78, 5) is 14.4. The smallest absolute Gasteiger partial charge is 0.294 e. The molecule has 7 heteroatoms. The van der Waals surface area contributed by atoms with Crippen LogP contribution in [0.3, 0.4) is 0 Å². The summed E-state index contributed by atoms with van der Waals surface area (Å²) in [7, 11) is 0. The van der Waals surface area contributed by atoms with Crippen molar-refractivity contribution in [1.82, 2.24) is 0 Å². The Morgan fingerprint density at radius 3 is 2.29 bits per heavy atom. The van der Waals surface area contributed by atoms with E-state index in [0.717, 1.165) is 37.7 Å². The van der Waals surface area contributed by atoms with Crippen molar-refractivity contribution in [3.63, 3.8) is 0 Å². The SMILES string of the molecule is O=[N+]([O-])c1cc(Cl)ccc1N1CC[NH+](Cc2ccc(Cl)cc2)CC1. The van der Waals surface area contributed by atoms with E-state index in [1.807, 2.05) is 24.3 Å². The van der Waals surface area contributed by atoms with Gasteiger partial charge in [-0.15, -0.1) is 0 Å². The number of anilines is 1. The van der Waals surface area contributed by atoms with Gasteiger partial charge in [-0.1, -0.05) is 35.3 Å². The molecule has 0 amide bonds. The molecule has 0 bridgehead atoms. The van der Waals surface area contributed by atoms with Crippen molar-refractivity contribution in [2.24, 2.45) is 0 Å². The van der Waals surface area contributed by atoms with Crippen molar-refractivity contribution < 1.29 is 9.82 Å². The van der Waals surface area contributed by atoms with E-state index in [4.69, 9.17) is 23.2 Å². The molecule has 0 radical (unpaired) electrons. The van der Waals surface area contributed by atoms with Crippen LogP contribution in [0.25, 0.3) is 0 Å². The van der Waals surface area contributed by atoms with Crippen molar-refractivity contribution >= 4 is 34.6 Å². The minimum Gasteiger partial charge on any atom is -0.355 e. The zero-order chi connectivity index (χ0) is 17.1. The Labute approximate surface area is 150 Å². The number of benzene rings is 2. The zero-order valence-electron chi connectivity index (χ0n) is 13.0. The van der Waals surface area contributed by atoms with Crippen LogP contribution >= 0.6 is 23.2 Å². The van der Waals surface area contributed by atoms with E-state index in [1.165, 1.54) is 16.5 Å². The lowest BCUT2D eigenvalue weighted by Crippen LogP contribution is -3.13. The highest BCUT2D eigenvalue weighted by Gasteiger charge is 2.25. The van der Waals surface area contributed by atoms with Gasteiger partial charge in [0.25, 0.3) is 5.69 Å². The van der Waals surface area contributed by atoms with Crippen LogP contribution in [0.2, 0.25) is 10.0 Å². The molecule has 1 heterocycles. The van der Waals surface area contributed by atoms with Crippen molar-refractivity contribution in [2.75, 3.05) is 31.1 Å². The van der Waals surface area contributed by atoms with E-state index in [-0.39, 0.29) is 10.6 Å². The van der Waals surface area contributed by atoms with Crippen molar-refractivity contribution in [2.45, 2.75) is 6.54 Å². The van der Waals surface area contributed by atoms with Crippen molar-refractivity contribution in [1.29, 1.82) is 0 Å². The standard InChI is InChI=1S/C17H17Cl2N3O2/c18-14-3-1-13(2-4-14)12-20-7-9-21(10-8-20)16-6-5-15(19)11-17(16)22(23)24/h1-6,11H,7-10,12H2/p+1. The molecule has 0 aromatic heterocycles. The van der Waals surface area contributed by atoms with Crippen LogP contribution in [0, 0.1) is 10.1 Å². The number of nitrogens with zero attached hydrogens (tertiary/aromatic N) is 2. The van der Waals surface area contributed by atoms with Gasteiger partial charge in [0, 0.05) is 21.7 Å². The number of rotatable bonds is 4. The average molecular weight is 367 g/mol. The zero-order valence-corrected chi connectivity index (χ0v) is 14.6. The van der Waals surface area contributed by atoms with Crippen LogP contribution in [-0.4, -0.2) is 31.1 Å². The molecule has 2 aromatic carbocycles. The molecule has 0 unspecified atom stereocenters. The highest BCUT2D eigenvalue weighted by atomic mass is 35.5. The number of hydrogen-bond acceptors (Lipinski definition) is 3. The molecule has 24 heavy (non-hydrogen) atoms. The quantitative estimate of drug-likeness (QED) is 0.668. The predicted molar refractivity (Wildman–Crippen MR) is 96.2 cm³/mol. The molecule has 1 saturated heterocycles. The number of piperazine rings is 1. The Bertz CT molecular complexity index is 729. The Hall–Kier alpha value is -1.82. The molecule has 1 aliphatic rings. The van der Waals surface area contributed by atoms with E-state index in [2.05, 4.69) is 4.90 Å². The second-order valence-corrected chi connectivity index (χ2v) is 6.80. The summed E-state index contributed by atoms with van der Waals surface area (Å²) >= 11 is 11.8. The predicted octanol–water partition coefficient (Wildman–Crippen LogP) is 2.81. The molecular formula is C17H18Cl2N3O2+. The largest absolute Gasteiger partial charge is 0.355 e. The third-order valence-electron chi connectivity index (χ3n) is 4.31. The topological polar surface area (TPSA) is 50.8 Å². The first-order chi connectivity index (χ1) is 11.5. The van der Waals surface area contributed by atoms with E-state index in [1.54, 1.807) is 12.1 Å². The molecule has 0 spiro atoms. The maximum atomic E-state index is 11.3. The summed E-state index contributed by atoms with van der Waals surface area (Å²) in [6, 6.07) is 12.8. The van der Waals surface area contributed by atoms with Crippen LogP contribution in [0.15, 0.2) is 42.5 Å². The molecule has 1 fully saturated rings. The fourth-order valence-corrected chi connectivity index (χ4v) is 3.33. The summed E-state index contributed by atoms with van der Waals surface area (Å²) in [5.74, 6) is 0. The summed E-state index contributed by atoms with van der Waals surface area (Å²) in [6.07, 6.45) is 0. The van der Waals surface area contributed by atoms with E-state index in [0.29, 0.717) is 10.7 Å². The van der Waals surface area contributed by atoms with Crippen molar-refractivity contribution in [3.8, 4) is 0 Å². The fourth-order valence-electron chi connectivity index (χ4n) is 3.04. The van der Waals surface area contributed by atoms with Crippen LogP contribution in [0.5, 0.6) is 0 Å².